The number of imidazole rings is 1. The Morgan fingerprint density at radius 1 is 0.913 bits per heavy atom. The number of nitrogens with zero attached hydrogens (tertiary/aromatic N) is 5. The van der Waals surface area contributed by atoms with Crippen molar-refractivity contribution in [3.05, 3.63) is 31.3 Å². The Morgan fingerprint density at radius 3 is 1.91 bits per heavy atom. The van der Waals surface area contributed by atoms with Crippen molar-refractivity contribution in [1.82, 2.24) is 34.5 Å². The van der Waals surface area contributed by atoms with E-state index in [-0.39, 0.29) is 29.0 Å². The van der Waals surface area contributed by atoms with Gasteiger partial charge < -0.3 is 17.2 Å². The van der Waals surface area contributed by atoms with Crippen LogP contribution in [0.15, 0.2) is 14.4 Å². The Bertz CT molecular complexity index is 1030. The van der Waals surface area contributed by atoms with Crippen LogP contribution in [0.2, 0.25) is 0 Å². The highest BCUT2D eigenvalue weighted by Gasteiger charge is 2.08. The van der Waals surface area contributed by atoms with Gasteiger partial charge in [0.25, 0.3) is 5.56 Å². The molecule has 0 saturated heterocycles. The average molecular weight is 319 g/mol. The number of anilines is 3. The number of nitrogens with one attached hydrogen (secondary N) is 3. The molecule has 0 unspecified atom stereocenters. The van der Waals surface area contributed by atoms with Gasteiger partial charge in [0.15, 0.2) is 11.7 Å². The predicted octanol–water partition coefficient (Wildman–Crippen LogP) is -3.35. The van der Waals surface area contributed by atoms with Gasteiger partial charge >= 0.3 is 11.4 Å². The van der Waals surface area contributed by atoms with Crippen LogP contribution in [-0.4, -0.2) is 34.5 Å². The predicted molar refractivity (Wildman–Crippen MR) is 77.9 cm³/mol. The molecular formula is C9H9N11O3. The summed E-state index contributed by atoms with van der Waals surface area (Å²) >= 11 is 0. The van der Waals surface area contributed by atoms with Gasteiger partial charge in [0.05, 0.1) is 0 Å². The van der Waals surface area contributed by atoms with Crippen LogP contribution >= 0.6 is 0 Å². The fourth-order valence-corrected chi connectivity index (χ4v) is 1.52. The summed E-state index contributed by atoms with van der Waals surface area (Å²) in [6.45, 7) is 0. The van der Waals surface area contributed by atoms with Crippen molar-refractivity contribution < 1.29 is 0 Å². The molecule has 0 aromatic carbocycles. The van der Waals surface area contributed by atoms with Crippen molar-refractivity contribution in [3.63, 3.8) is 0 Å². The lowest BCUT2D eigenvalue weighted by molar-refractivity contribution is 0.911. The topological polar surface area (TPSA) is 244 Å². The first-order valence-electron chi connectivity index (χ1n) is 5.71. The summed E-state index contributed by atoms with van der Waals surface area (Å²) in [5.41, 5.74) is 12.9. The van der Waals surface area contributed by atoms with E-state index < -0.39 is 16.9 Å². The van der Waals surface area contributed by atoms with E-state index in [1.807, 2.05) is 0 Å². The maximum atomic E-state index is 11.3. The Hall–Kier alpha value is -4.15. The first-order chi connectivity index (χ1) is 10.8. The molecule has 0 amide bonds. The summed E-state index contributed by atoms with van der Waals surface area (Å²) < 4.78 is 0.312. The van der Waals surface area contributed by atoms with Crippen molar-refractivity contribution in [3.8, 4) is 6.19 Å². The minimum Gasteiger partial charge on any atom is -0.368 e. The third kappa shape index (κ3) is 3.13. The summed E-state index contributed by atoms with van der Waals surface area (Å²) in [7, 11) is 0. The Labute approximate surface area is 124 Å². The van der Waals surface area contributed by atoms with Crippen LogP contribution in [0.1, 0.15) is 0 Å². The zero-order valence-corrected chi connectivity index (χ0v) is 11.2. The number of aromatic amines is 3. The molecule has 3 rings (SSSR count). The molecule has 3 aromatic rings. The van der Waals surface area contributed by atoms with E-state index in [4.69, 9.17) is 22.5 Å². The summed E-state index contributed by atoms with van der Waals surface area (Å²) in [5.74, 6) is 0.125. The molecule has 23 heavy (non-hydrogen) atoms. The molecule has 118 valence electrons. The minimum absolute atomic E-state index is 0.0171. The summed E-state index contributed by atoms with van der Waals surface area (Å²) in [5, 5.41) is 8.46. The van der Waals surface area contributed by atoms with Crippen molar-refractivity contribution in [1.29, 1.82) is 5.26 Å². The molecule has 0 aliphatic heterocycles. The standard InChI is InChI=1S/C6H3N5O3.C3H6N6/c7-1-11-4(12)2-3(10-6(11)14)9-5(13)8-2;4-1-7-2(5)9-3(6)8-1/h(H,10,14)(H2,8,9,13);(H6,4,5,6,7,8,9). The van der Waals surface area contributed by atoms with Crippen molar-refractivity contribution in [2.24, 2.45) is 0 Å². The van der Waals surface area contributed by atoms with Crippen LogP contribution in [0, 0.1) is 11.5 Å². The molecule has 0 aliphatic carbocycles. The third-order valence-corrected chi connectivity index (χ3v) is 2.37. The highest BCUT2D eigenvalue weighted by Crippen LogP contribution is 1.97. The van der Waals surface area contributed by atoms with Gasteiger partial charge in [-0.3, -0.25) is 19.7 Å². The molecule has 14 heteroatoms. The van der Waals surface area contributed by atoms with Crippen LogP contribution in [0.3, 0.4) is 0 Å². The molecule has 0 saturated carbocycles. The van der Waals surface area contributed by atoms with Crippen molar-refractivity contribution in [2.75, 3.05) is 17.2 Å². The number of hydrogen-bond donors (Lipinski definition) is 6. The molecule has 0 spiro atoms. The highest BCUT2D eigenvalue weighted by molar-refractivity contribution is 5.67. The smallest absolute Gasteiger partial charge is 0.343 e. The quantitative estimate of drug-likeness (QED) is 0.240. The van der Waals surface area contributed by atoms with Gasteiger partial charge in [-0.15, -0.1) is 0 Å². The first-order valence-corrected chi connectivity index (χ1v) is 5.71. The van der Waals surface area contributed by atoms with Crippen LogP contribution < -0.4 is 34.1 Å². The average Bonchev–Trinajstić information content (AvgIpc) is 2.79. The second-order valence-corrected chi connectivity index (χ2v) is 3.91. The summed E-state index contributed by atoms with van der Waals surface area (Å²) in [6, 6.07) is 0. The number of rotatable bonds is 0. The van der Waals surface area contributed by atoms with Crippen LogP contribution in [0.25, 0.3) is 11.2 Å². The van der Waals surface area contributed by atoms with E-state index in [0.717, 1.165) is 0 Å². The summed E-state index contributed by atoms with van der Waals surface area (Å²) in [6.07, 6.45) is 1.39. The molecule has 0 radical (unpaired) electrons. The van der Waals surface area contributed by atoms with Crippen LogP contribution in [0.4, 0.5) is 17.8 Å². The number of nitriles is 1. The molecule has 14 nitrogen and oxygen atoms in total. The minimum atomic E-state index is -0.889. The van der Waals surface area contributed by atoms with E-state index in [9.17, 15) is 14.4 Å². The van der Waals surface area contributed by atoms with Gasteiger partial charge in [-0.05, 0) is 0 Å². The molecule has 0 aliphatic rings. The second-order valence-electron chi connectivity index (χ2n) is 3.91. The van der Waals surface area contributed by atoms with E-state index in [2.05, 4.69) is 29.9 Å². The van der Waals surface area contributed by atoms with E-state index >= 15 is 0 Å². The fraction of sp³-hybridized carbons (Fsp3) is 0. The summed E-state index contributed by atoms with van der Waals surface area (Å²) in [4.78, 5) is 50.2. The lowest BCUT2D eigenvalue weighted by Crippen LogP contribution is -2.32. The lowest BCUT2D eigenvalue weighted by atomic mass is 10.5. The largest absolute Gasteiger partial charge is 0.368 e. The number of H-pyrrole nitrogens is 3. The van der Waals surface area contributed by atoms with E-state index in [1.165, 1.54) is 6.19 Å². The van der Waals surface area contributed by atoms with Gasteiger partial charge in [-0.2, -0.15) is 24.8 Å². The monoisotopic (exact) mass is 319 g/mol. The zero-order chi connectivity index (χ0) is 17.1. The third-order valence-electron chi connectivity index (χ3n) is 2.37. The second kappa shape index (κ2) is 5.69. The van der Waals surface area contributed by atoms with E-state index in [0.29, 0.717) is 4.57 Å². The van der Waals surface area contributed by atoms with Crippen LogP contribution in [-0.2, 0) is 0 Å². The zero-order valence-electron chi connectivity index (χ0n) is 11.2. The molecule has 9 N–H and O–H groups in total. The van der Waals surface area contributed by atoms with Gasteiger partial charge in [0.1, 0.15) is 5.65 Å². The van der Waals surface area contributed by atoms with Gasteiger partial charge in [0, 0.05) is 0 Å². The van der Waals surface area contributed by atoms with Gasteiger partial charge in [-0.25, -0.2) is 9.59 Å². The number of aromatic nitrogens is 7. The van der Waals surface area contributed by atoms with E-state index in [1.54, 1.807) is 0 Å². The normalized spacial score (nSPS) is 9.87. The Balaban J connectivity index is 0.000000185. The Morgan fingerprint density at radius 2 is 1.43 bits per heavy atom. The van der Waals surface area contributed by atoms with Gasteiger partial charge in [0.2, 0.25) is 17.8 Å². The number of hydrogen-bond acceptors (Lipinski definition) is 10. The molecule has 0 fully saturated rings. The number of fused-ring (bicyclic) bond motifs is 1. The molecule has 3 heterocycles. The Kier molecular flexibility index (Phi) is 3.77. The number of nitrogens with two attached hydrogens (primary N) is 3. The van der Waals surface area contributed by atoms with Crippen molar-refractivity contribution in [2.45, 2.75) is 0 Å². The highest BCUT2D eigenvalue weighted by atomic mass is 16.2. The molecule has 0 atom stereocenters. The van der Waals surface area contributed by atoms with Crippen molar-refractivity contribution >= 4 is 29.0 Å². The first kappa shape index (κ1) is 15.2. The van der Waals surface area contributed by atoms with Gasteiger partial charge in [-0.1, -0.05) is 0 Å². The van der Waals surface area contributed by atoms with Crippen LogP contribution in [0.5, 0.6) is 0 Å². The SMILES string of the molecule is N#Cn1c(=O)[nH]c2[nH]c(=O)[nH]c2c1=O.Nc1nc(N)nc(N)n1. The molecular weight excluding hydrogens is 310 g/mol. The molecule has 3 aromatic heterocycles. The maximum Gasteiger partial charge on any atom is 0.343 e. The lowest BCUT2D eigenvalue weighted by Gasteiger charge is -1.93. The fourth-order valence-electron chi connectivity index (χ4n) is 1.52. The molecule has 0 bridgehead atoms. The number of nitrogen functional groups attached to an aromatic ring is 3. The maximum absolute atomic E-state index is 11.3.